The first kappa shape index (κ1) is 8.27. The number of likely N-dealkylation sites (N-methyl/N-ethyl adjacent to an activating group) is 1. The topological polar surface area (TPSA) is 23.5 Å². The number of fused-ring (bicyclic) bond motifs is 2. The zero-order valence-corrected chi connectivity index (χ0v) is 7.94. The average molecular weight is 167 g/mol. The highest BCUT2D eigenvalue weighted by atomic mass is 16.3. The Balaban J connectivity index is 2.28. The Morgan fingerprint density at radius 1 is 1.08 bits per heavy atom. The molecule has 0 amide bonds. The Morgan fingerprint density at radius 3 is 1.92 bits per heavy atom. The molecule has 0 aromatic rings. The van der Waals surface area contributed by atoms with Gasteiger partial charge in [-0.15, -0.1) is 0 Å². The van der Waals surface area contributed by atoms with Gasteiger partial charge in [-0.2, -0.15) is 0 Å². The first-order valence-corrected chi connectivity index (χ1v) is 4.71. The van der Waals surface area contributed by atoms with Gasteiger partial charge >= 0.3 is 0 Å². The van der Waals surface area contributed by atoms with Crippen LogP contribution in [0, 0.1) is 11.8 Å². The average Bonchev–Trinajstić information content (AvgIpc) is 2.38. The minimum absolute atomic E-state index is 0.133. The molecule has 1 saturated heterocycles. The molecule has 0 spiro atoms. The fraction of sp³-hybridized carbons (Fsp3) is 0.800. The standard InChI is InChI=1S/C10H17NO/c1-6-8-4-5-9(11(8)3)7(2)10(6)12/h4-10,12H,1-3H3. The van der Waals surface area contributed by atoms with Gasteiger partial charge < -0.3 is 5.11 Å². The number of nitrogens with zero attached hydrogens (tertiary/aromatic N) is 1. The Bertz CT molecular complexity index is 194. The number of rotatable bonds is 0. The van der Waals surface area contributed by atoms with E-state index in [4.69, 9.17) is 0 Å². The molecule has 0 aliphatic carbocycles. The highest BCUT2D eigenvalue weighted by molar-refractivity contribution is 5.17. The molecule has 2 rings (SSSR count). The van der Waals surface area contributed by atoms with Crippen LogP contribution >= 0.6 is 0 Å². The molecular formula is C10H17NO. The van der Waals surface area contributed by atoms with Crippen LogP contribution in [0.25, 0.3) is 0 Å². The molecule has 0 aromatic carbocycles. The summed E-state index contributed by atoms with van der Waals surface area (Å²) in [7, 11) is 2.15. The van der Waals surface area contributed by atoms with E-state index in [0.29, 0.717) is 23.9 Å². The minimum Gasteiger partial charge on any atom is -0.392 e. The summed E-state index contributed by atoms with van der Waals surface area (Å²) in [4.78, 5) is 2.36. The zero-order chi connectivity index (χ0) is 8.88. The Morgan fingerprint density at radius 2 is 1.50 bits per heavy atom. The van der Waals surface area contributed by atoms with Crippen molar-refractivity contribution in [1.29, 1.82) is 0 Å². The summed E-state index contributed by atoms with van der Waals surface area (Å²) in [6, 6.07) is 0.919. The SMILES string of the molecule is CC1C(O)C(C)C2C=CC1N2C. The first-order chi connectivity index (χ1) is 5.63. The molecule has 4 unspecified atom stereocenters. The van der Waals surface area contributed by atoms with Gasteiger partial charge in [0.05, 0.1) is 6.10 Å². The van der Waals surface area contributed by atoms with Crippen LogP contribution in [0.5, 0.6) is 0 Å². The lowest BCUT2D eigenvalue weighted by Gasteiger charge is -2.43. The molecule has 1 fully saturated rings. The maximum atomic E-state index is 9.88. The maximum Gasteiger partial charge on any atom is 0.0627 e. The molecule has 1 N–H and O–H groups in total. The van der Waals surface area contributed by atoms with E-state index in [2.05, 4.69) is 37.9 Å². The van der Waals surface area contributed by atoms with E-state index in [1.54, 1.807) is 0 Å². The van der Waals surface area contributed by atoms with Gasteiger partial charge in [-0.1, -0.05) is 26.0 Å². The molecule has 2 heteroatoms. The molecule has 0 aromatic heterocycles. The number of hydrogen-bond donors (Lipinski definition) is 1. The van der Waals surface area contributed by atoms with Gasteiger partial charge in [0.25, 0.3) is 0 Å². The Kier molecular flexibility index (Phi) is 1.77. The van der Waals surface area contributed by atoms with Gasteiger partial charge in [0, 0.05) is 23.9 Å². The van der Waals surface area contributed by atoms with Crippen LogP contribution in [0.4, 0.5) is 0 Å². The molecule has 4 atom stereocenters. The first-order valence-electron chi connectivity index (χ1n) is 4.71. The van der Waals surface area contributed by atoms with E-state index >= 15 is 0 Å². The second kappa shape index (κ2) is 2.57. The van der Waals surface area contributed by atoms with Gasteiger partial charge in [-0.25, -0.2) is 0 Å². The molecule has 12 heavy (non-hydrogen) atoms. The molecular weight excluding hydrogens is 150 g/mol. The normalized spacial score (nSPS) is 53.2. The second-order valence-electron chi connectivity index (χ2n) is 4.24. The fourth-order valence-corrected chi connectivity index (χ4v) is 2.67. The number of aliphatic hydroxyl groups excluding tert-OH is 1. The lowest BCUT2D eigenvalue weighted by Crippen LogP contribution is -2.53. The summed E-state index contributed by atoms with van der Waals surface area (Å²) in [5.41, 5.74) is 0. The quantitative estimate of drug-likeness (QED) is 0.541. The Hall–Kier alpha value is -0.340. The minimum atomic E-state index is -0.133. The largest absolute Gasteiger partial charge is 0.392 e. The van der Waals surface area contributed by atoms with E-state index in [1.165, 1.54) is 0 Å². The third-order valence-electron chi connectivity index (χ3n) is 3.60. The van der Waals surface area contributed by atoms with Gasteiger partial charge in [0.1, 0.15) is 0 Å². The van der Waals surface area contributed by atoms with Crippen molar-refractivity contribution in [2.24, 2.45) is 11.8 Å². The van der Waals surface area contributed by atoms with Gasteiger partial charge in [0.2, 0.25) is 0 Å². The van der Waals surface area contributed by atoms with E-state index in [1.807, 2.05) is 0 Å². The molecule has 2 nitrogen and oxygen atoms in total. The van der Waals surface area contributed by atoms with E-state index in [0.717, 1.165) is 0 Å². The van der Waals surface area contributed by atoms with Gasteiger partial charge in [-0.05, 0) is 7.05 Å². The van der Waals surface area contributed by atoms with Crippen LogP contribution in [0.3, 0.4) is 0 Å². The highest BCUT2D eigenvalue weighted by Gasteiger charge is 2.44. The van der Waals surface area contributed by atoms with E-state index in [9.17, 15) is 5.11 Å². The molecule has 2 bridgehead atoms. The Labute approximate surface area is 73.9 Å². The molecule has 2 aliphatic rings. The van der Waals surface area contributed by atoms with E-state index in [-0.39, 0.29) is 6.10 Å². The van der Waals surface area contributed by atoms with Gasteiger partial charge in [-0.3, -0.25) is 4.90 Å². The smallest absolute Gasteiger partial charge is 0.0627 e. The molecule has 0 saturated carbocycles. The summed E-state index contributed by atoms with van der Waals surface area (Å²) >= 11 is 0. The van der Waals surface area contributed by atoms with Crippen molar-refractivity contribution < 1.29 is 5.11 Å². The van der Waals surface area contributed by atoms with Crippen molar-refractivity contribution in [3.8, 4) is 0 Å². The zero-order valence-electron chi connectivity index (χ0n) is 7.94. The van der Waals surface area contributed by atoms with Crippen molar-refractivity contribution in [3.05, 3.63) is 12.2 Å². The van der Waals surface area contributed by atoms with Crippen molar-refractivity contribution in [3.63, 3.8) is 0 Å². The van der Waals surface area contributed by atoms with Crippen LogP contribution in [-0.4, -0.2) is 35.2 Å². The monoisotopic (exact) mass is 167 g/mol. The van der Waals surface area contributed by atoms with Crippen LogP contribution in [0.15, 0.2) is 12.2 Å². The summed E-state index contributed by atoms with van der Waals surface area (Å²) in [6.07, 6.45) is 4.34. The third-order valence-corrected chi connectivity index (χ3v) is 3.60. The fourth-order valence-electron chi connectivity index (χ4n) is 2.67. The van der Waals surface area contributed by atoms with Crippen LogP contribution < -0.4 is 0 Å². The summed E-state index contributed by atoms with van der Waals surface area (Å²) < 4.78 is 0. The molecule has 68 valence electrons. The van der Waals surface area contributed by atoms with Crippen molar-refractivity contribution in [1.82, 2.24) is 4.90 Å². The highest BCUT2D eigenvalue weighted by Crippen LogP contribution is 2.36. The van der Waals surface area contributed by atoms with E-state index < -0.39 is 0 Å². The lowest BCUT2D eigenvalue weighted by molar-refractivity contribution is -0.0339. The second-order valence-corrected chi connectivity index (χ2v) is 4.24. The summed E-state index contributed by atoms with van der Waals surface area (Å²) in [6.45, 7) is 4.27. The maximum absolute atomic E-state index is 9.88. The van der Waals surface area contributed by atoms with Crippen LogP contribution in [-0.2, 0) is 0 Å². The van der Waals surface area contributed by atoms with Crippen molar-refractivity contribution in [2.75, 3.05) is 7.05 Å². The van der Waals surface area contributed by atoms with Crippen LogP contribution in [0.2, 0.25) is 0 Å². The predicted octanol–water partition coefficient (Wildman–Crippen LogP) is 0.872. The third kappa shape index (κ3) is 0.882. The van der Waals surface area contributed by atoms with Crippen molar-refractivity contribution >= 4 is 0 Å². The van der Waals surface area contributed by atoms with Crippen molar-refractivity contribution in [2.45, 2.75) is 32.0 Å². The number of hydrogen-bond acceptors (Lipinski definition) is 2. The summed E-state index contributed by atoms with van der Waals surface area (Å²) in [5, 5.41) is 9.88. The summed E-state index contributed by atoms with van der Waals surface area (Å²) in [5.74, 6) is 0.750. The lowest BCUT2D eigenvalue weighted by atomic mass is 9.82. The molecule has 2 aliphatic heterocycles. The predicted molar refractivity (Wildman–Crippen MR) is 48.8 cm³/mol. The molecule has 2 heterocycles. The van der Waals surface area contributed by atoms with Crippen LogP contribution in [0.1, 0.15) is 13.8 Å². The number of aliphatic hydroxyl groups is 1. The number of piperidine rings is 1. The van der Waals surface area contributed by atoms with Gasteiger partial charge in [0.15, 0.2) is 0 Å². The molecule has 0 radical (unpaired) electrons.